The molecule has 5 rings (SSSR count). The highest BCUT2D eigenvalue weighted by Gasteiger charge is 2.32. The standard InChI is InChI=1S/C24H27FN6O/c1-3-30-9-6-16(7-10-30)24(32)31-15-17-5-4-8-26-23(17)28-21-12-20(25)19(11-22(21)31)18-13-27-29(2)14-18/h4-5,8,11-14,16H,3,6-7,9-10,15H2,1-2H3,(H,26,28). The van der Waals surface area contributed by atoms with Crippen LogP contribution in [0.25, 0.3) is 11.1 Å². The molecule has 2 aromatic heterocycles. The van der Waals surface area contributed by atoms with Crippen molar-refractivity contribution in [3.05, 3.63) is 54.2 Å². The fourth-order valence-electron chi connectivity index (χ4n) is 4.64. The Bertz CT molecular complexity index is 1150. The second kappa shape index (κ2) is 8.35. The molecule has 32 heavy (non-hydrogen) atoms. The van der Waals surface area contributed by atoms with Crippen molar-refractivity contribution in [1.82, 2.24) is 19.7 Å². The number of pyridine rings is 1. The molecule has 0 bridgehead atoms. The van der Waals surface area contributed by atoms with Crippen LogP contribution in [0.3, 0.4) is 0 Å². The van der Waals surface area contributed by atoms with Crippen LogP contribution in [0.4, 0.5) is 21.6 Å². The van der Waals surface area contributed by atoms with Gasteiger partial charge in [0.2, 0.25) is 5.91 Å². The molecule has 1 N–H and O–H groups in total. The zero-order valence-corrected chi connectivity index (χ0v) is 18.4. The Balaban J connectivity index is 1.57. The molecule has 0 unspecified atom stereocenters. The van der Waals surface area contributed by atoms with Crippen LogP contribution >= 0.6 is 0 Å². The number of fused-ring (bicyclic) bond motifs is 2. The predicted molar refractivity (Wildman–Crippen MR) is 122 cm³/mol. The van der Waals surface area contributed by atoms with Crippen LogP contribution < -0.4 is 10.2 Å². The number of hydrogen-bond donors (Lipinski definition) is 1. The molecule has 0 saturated carbocycles. The number of likely N-dealkylation sites (tertiary alicyclic amines) is 1. The van der Waals surface area contributed by atoms with Gasteiger partial charge in [0.25, 0.3) is 0 Å². The van der Waals surface area contributed by atoms with Gasteiger partial charge in [0.1, 0.15) is 11.6 Å². The zero-order chi connectivity index (χ0) is 22.2. The summed E-state index contributed by atoms with van der Waals surface area (Å²) in [5, 5.41) is 7.44. The summed E-state index contributed by atoms with van der Waals surface area (Å²) in [5.41, 5.74) is 3.23. The van der Waals surface area contributed by atoms with Gasteiger partial charge >= 0.3 is 0 Å². The summed E-state index contributed by atoms with van der Waals surface area (Å²) in [7, 11) is 1.80. The number of hydrogen-bond acceptors (Lipinski definition) is 5. The summed E-state index contributed by atoms with van der Waals surface area (Å²) in [4.78, 5) is 22.4. The Morgan fingerprint density at radius 1 is 1.28 bits per heavy atom. The lowest BCUT2D eigenvalue weighted by Crippen LogP contribution is -2.42. The number of anilines is 3. The van der Waals surface area contributed by atoms with Gasteiger partial charge in [-0.1, -0.05) is 13.0 Å². The molecule has 166 valence electrons. The first-order valence-electron chi connectivity index (χ1n) is 11.1. The Morgan fingerprint density at radius 3 is 2.81 bits per heavy atom. The molecule has 3 aromatic rings. The van der Waals surface area contributed by atoms with Gasteiger partial charge < -0.3 is 15.1 Å². The second-order valence-electron chi connectivity index (χ2n) is 8.52. The van der Waals surface area contributed by atoms with E-state index in [1.807, 2.05) is 12.1 Å². The number of piperidine rings is 1. The smallest absolute Gasteiger partial charge is 0.230 e. The van der Waals surface area contributed by atoms with Crippen molar-refractivity contribution in [3.63, 3.8) is 0 Å². The molecule has 7 nitrogen and oxygen atoms in total. The third-order valence-corrected chi connectivity index (χ3v) is 6.51. The molecule has 0 spiro atoms. The monoisotopic (exact) mass is 434 g/mol. The van der Waals surface area contributed by atoms with Gasteiger partial charge in [0.05, 0.1) is 24.1 Å². The summed E-state index contributed by atoms with van der Waals surface area (Å²) in [6, 6.07) is 7.04. The Labute approximate surface area is 186 Å². The maximum absolute atomic E-state index is 15.1. The van der Waals surface area contributed by atoms with Crippen LogP contribution in [0.15, 0.2) is 42.9 Å². The van der Waals surface area contributed by atoms with E-state index in [9.17, 15) is 4.79 Å². The molecule has 1 amide bonds. The van der Waals surface area contributed by atoms with E-state index in [4.69, 9.17) is 0 Å². The number of nitrogens with zero attached hydrogens (tertiary/aromatic N) is 5. The highest BCUT2D eigenvalue weighted by atomic mass is 19.1. The number of rotatable bonds is 3. The minimum atomic E-state index is -0.368. The van der Waals surface area contributed by atoms with Crippen LogP contribution in [0.5, 0.6) is 0 Å². The molecule has 4 heterocycles. The van der Waals surface area contributed by atoms with Gasteiger partial charge in [-0.3, -0.25) is 9.48 Å². The van der Waals surface area contributed by atoms with Crippen molar-refractivity contribution >= 4 is 23.1 Å². The summed E-state index contributed by atoms with van der Waals surface area (Å²) >= 11 is 0. The molecule has 0 atom stereocenters. The molecule has 1 fully saturated rings. The van der Waals surface area contributed by atoms with Crippen LogP contribution in [-0.2, 0) is 18.4 Å². The number of aromatic nitrogens is 3. The van der Waals surface area contributed by atoms with E-state index in [-0.39, 0.29) is 17.6 Å². The summed E-state index contributed by atoms with van der Waals surface area (Å²) in [5.74, 6) is 0.325. The number of halogens is 1. The van der Waals surface area contributed by atoms with Crippen LogP contribution in [0.2, 0.25) is 0 Å². The number of carbonyl (C=O) groups excluding carboxylic acids is 1. The SMILES string of the molecule is CCN1CCC(C(=O)N2Cc3cccnc3Nc3cc(F)c(-c4cnn(C)c4)cc32)CC1. The predicted octanol–water partition coefficient (Wildman–Crippen LogP) is 3.94. The number of benzene rings is 1. The number of aryl methyl sites for hydroxylation is 1. The third kappa shape index (κ3) is 3.75. The highest BCUT2D eigenvalue weighted by Crippen LogP contribution is 2.40. The van der Waals surface area contributed by atoms with Gasteiger partial charge in [-0.05, 0) is 44.6 Å². The van der Waals surface area contributed by atoms with E-state index in [2.05, 4.69) is 27.2 Å². The maximum Gasteiger partial charge on any atom is 0.230 e. The fourth-order valence-corrected chi connectivity index (χ4v) is 4.64. The lowest BCUT2D eigenvalue weighted by molar-refractivity contribution is -0.123. The quantitative estimate of drug-likeness (QED) is 0.676. The molecule has 1 saturated heterocycles. The molecule has 8 heteroatoms. The first kappa shape index (κ1) is 20.6. The van der Waals surface area contributed by atoms with Gasteiger partial charge in [-0.15, -0.1) is 0 Å². The van der Waals surface area contributed by atoms with Gasteiger partial charge in [0.15, 0.2) is 0 Å². The van der Waals surface area contributed by atoms with Crippen LogP contribution in [0.1, 0.15) is 25.3 Å². The molecule has 0 radical (unpaired) electrons. The van der Waals surface area contributed by atoms with E-state index in [1.54, 1.807) is 41.3 Å². The molecule has 1 aromatic carbocycles. The molecular formula is C24H27FN6O. The van der Waals surface area contributed by atoms with Gasteiger partial charge in [-0.2, -0.15) is 5.10 Å². The average molecular weight is 435 g/mol. The fraction of sp³-hybridized carbons (Fsp3) is 0.375. The normalized spacial score (nSPS) is 16.8. The first-order chi connectivity index (χ1) is 15.5. The number of amides is 1. The number of nitrogens with one attached hydrogen (secondary N) is 1. The second-order valence-corrected chi connectivity index (χ2v) is 8.52. The van der Waals surface area contributed by atoms with E-state index in [0.717, 1.165) is 38.0 Å². The molecule has 2 aliphatic rings. The Kier molecular flexibility index (Phi) is 5.38. The summed E-state index contributed by atoms with van der Waals surface area (Å²) in [6.45, 7) is 5.40. The maximum atomic E-state index is 15.1. The summed E-state index contributed by atoms with van der Waals surface area (Å²) < 4.78 is 16.8. The van der Waals surface area contributed by atoms with E-state index < -0.39 is 0 Å². The van der Waals surface area contributed by atoms with Gasteiger partial charge in [0, 0.05) is 48.1 Å². The minimum absolute atomic E-state index is 0.0456. The van der Waals surface area contributed by atoms with Crippen molar-refractivity contribution in [2.24, 2.45) is 13.0 Å². The Hall–Kier alpha value is -3.26. The largest absolute Gasteiger partial charge is 0.338 e. The third-order valence-electron chi connectivity index (χ3n) is 6.51. The van der Waals surface area contributed by atoms with Crippen molar-refractivity contribution in [2.45, 2.75) is 26.3 Å². The number of carbonyl (C=O) groups is 1. The minimum Gasteiger partial charge on any atom is -0.338 e. The average Bonchev–Trinajstić information content (AvgIpc) is 3.17. The van der Waals surface area contributed by atoms with Crippen molar-refractivity contribution in [2.75, 3.05) is 29.9 Å². The lowest BCUT2D eigenvalue weighted by Gasteiger charge is -2.34. The van der Waals surface area contributed by atoms with E-state index in [0.29, 0.717) is 34.9 Å². The van der Waals surface area contributed by atoms with Crippen LogP contribution in [0, 0.1) is 11.7 Å². The van der Waals surface area contributed by atoms with E-state index >= 15 is 4.39 Å². The first-order valence-corrected chi connectivity index (χ1v) is 11.1. The highest BCUT2D eigenvalue weighted by molar-refractivity contribution is 6.00. The van der Waals surface area contributed by atoms with Crippen LogP contribution in [-0.4, -0.2) is 45.2 Å². The summed E-state index contributed by atoms with van der Waals surface area (Å²) in [6.07, 6.45) is 6.78. The topological polar surface area (TPSA) is 66.3 Å². The molecule has 2 aliphatic heterocycles. The van der Waals surface area contributed by atoms with E-state index in [1.165, 1.54) is 6.07 Å². The van der Waals surface area contributed by atoms with Crippen molar-refractivity contribution < 1.29 is 9.18 Å². The van der Waals surface area contributed by atoms with Crippen molar-refractivity contribution in [1.29, 1.82) is 0 Å². The zero-order valence-electron chi connectivity index (χ0n) is 18.4. The van der Waals surface area contributed by atoms with Crippen molar-refractivity contribution in [3.8, 4) is 11.1 Å². The van der Waals surface area contributed by atoms with Gasteiger partial charge in [-0.25, -0.2) is 9.37 Å². The molecular weight excluding hydrogens is 407 g/mol. The molecule has 0 aliphatic carbocycles. The lowest BCUT2D eigenvalue weighted by atomic mass is 9.94. The Morgan fingerprint density at radius 2 is 2.09 bits per heavy atom.